The Kier molecular flexibility index (Phi) is 5.83. The number of hydrogen-bond donors (Lipinski definition) is 2. The fourth-order valence-corrected chi connectivity index (χ4v) is 4.69. The maximum atomic E-state index is 12.7. The maximum absolute atomic E-state index is 12.7. The molecular formula is C21H31N3O3. The molecule has 148 valence electrons. The third kappa shape index (κ3) is 4.38. The van der Waals surface area contributed by atoms with Crippen LogP contribution in [0.4, 0.5) is 4.79 Å². The summed E-state index contributed by atoms with van der Waals surface area (Å²) in [6.07, 6.45) is 6.63. The molecule has 0 spiro atoms. The van der Waals surface area contributed by atoms with Crippen molar-refractivity contribution < 1.29 is 14.6 Å². The summed E-state index contributed by atoms with van der Waals surface area (Å²) >= 11 is 0. The van der Waals surface area contributed by atoms with Crippen molar-refractivity contribution in [1.29, 1.82) is 0 Å². The molecule has 0 radical (unpaired) electrons. The number of nitrogens with zero attached hydrogens (tertiary/aromatic N) is 2. The first-order valence-electron chi connectivity index (χ1n) is 10.3. The fourth-order valence-electron chi connectivity index (χ4n) is 4.69. The van der Waals surface area contributed by atoms with E-state index in [0.717, 1.165) is 36.0 Å². The summed E-state index contributed by atoms with van der Waals surface area (Å²) in [5.41, 5.74) is 1.81. The van der Waals surface area contributed by atoms with Gasteiger partial charge in [-0.05, 0) is 49.4 Å². The van der Waals surface area contributed by atoms with Gasteiger partial charge in [0.15, 0.2) is 0 Å². The fraction of sp³-hybridized carbons (Fsp3) is 0.667. The Morgan fingerprint density at radius 3 is 2.89 bits per heavy atom. The topological polar surface area (TPSA) is 65.0 Å². The van der Waals surface area contributed by atoms with Crippen LogP contribution in [0.5, 0.6) is 5.75 Å². The summed E-state index contributed by atoms with van der Waals surface area (Å²) in [6.45, 7) is 4.65. The molecule has 1 aliphatic carbocycles. The minimum absolute atomic E-state index is 0.00134. The SMILES string of the molecule is O=C(NC[C@H]1CCN(C2CCCC2)C1)N1CCOc2ccc(CO)cc2C1. The molecule has 4 rings (SSSR count). The number of carbonyl (C=O) groups excluding carboxylic acids is 1. The number of rotatable bonds is 4. The van der Waals surface area contributed by atoms with Crippen LogP contribution in [0.25, 0.3) is 0 Å². The van der Waals surface area contributed by atoms with E-state index in [0.29, 0.717) is 25.6 Å². The third-order valence-electron chi connectivity index (χ3n) is 6.27. The molecule has 0 bridgehead atoms. The van der Waals surface area contributed by atoms with Crippen molar-refractivity contribution in [3.63, 3.8) is 0 Å². The number of aliphatic hydroxyl groups is 1. The van der Waals surface area contributed by atoms with E-state index < -0.39 is 0 Å². The van der Waals surface area contributed by atoms with E-state index >= 15 is 0 Å². The van der Waals surface area contributed by atoms with E-state index in [2.05, 4.69) is 10.2 Å². The first kappa shape index (κ1) is 18.6. The minimum atomic E-state index is -0.0137. The Bertz CT molecular complexity index is 660. The lowest BCUT2D eigenvalue weighted by molar-refractivity contribution is 0.185. The van der Waals surface area contributed by atoms with E-state index in [4.69, 9.17) is 4.74 Å². The predicted molar refractivity (Wildman–Crippen MR) is 104 cm³/mol. The molecule has 6 nitrogen and oxygen atoms in total. The predicted octanol–water partition coefficient (Wildman–Crippen LogP) is 2.35. The second kappa shape index (κ2) is 8.48. The highest BCUT2D eigenvalue weighted by atomic mass is 16.5. The van der Waals surface area contributed by atoms with E-state index in [-0.39, 0.29) is 12.6 Å². The smallest absolute Gasteiger partial charge is 0.317 e. The number of likely N-dealkylation sites (tertiary alicyclic amines) is 1. The van der Waals surface area contributed by atoms with E-state index in [1.807, 2.05) is 23.1 Å². The van der Waals surface area contributed by atoms with Gasteiger partial charge >= 0.3 is 6.03 Å². The van der Waals surface area contributed by atoms with Gasteiger partial charge in [-0.15, -0.1) is 0 Å². The lowest BCUT2D eigenvalue weighted by Crippen LogP contribution is -2.43. The molecule has 1 saturated carbocycles. The van der Waals surface area contributed by atoms with E-state index in [9.17, 15) is 9.90 Å². The van der Waals surface area contributed by atoms with Crippen molar-refractivity contribution in [3.05, 3.63) is 29.3 Å². The molecule has 27 heavy (non-hydrogen) atoms. The Morgan fingerprint density at radius 1 is 1.22 bits per heavy atom. The molecule has 1 saturated heterocycles. The lowest BCUT2D eigenvalue weighted by Gasteiger charge is -2.24. The summed E-state index contributed by atoms with van der Waals surface area (Å²) in [5, 5.41) is 12.5. The van der Waals surface area contributed by atoms with Gasteiger partial charge in [-0.25, -0.2) is 4.79 Å². The van der Waals surface area contributed by atoms with Gasteiger partial charge in [0.2, 0.25) is 0 Å². The van der Waals surface area contributed by atoms with Crippen molar-refractivity contribution >= 4 is 6.03 Å². The molecule has 2 amide bonds. The number of amides is 2. The Hall–Kier alpha value is -1.79. The van der Waals surface area contributed by atoms with Gasteiger partial charge in [-0.1, -0.05) is 18.9 Å². The highest BCUT2D eigenvalue weighted by molar-refractivity contribution is 5.74. The van der Waals surface area contributed by atoms with Gasteiger partial charge in [-0.2, -0.15) is 0 Å². The molecule has 1 aromatic rings. The summed E-state index contributed by atoms with van der Waals surface area (Å²) < 4.78 is 5.77. The summed E-state index contributed by atoms with van der Waals surface area (Å²) in [5.74, 6) is 1.37. The van der Waals surface area contributed by atoms with Crippen LogP contribution in [0, 0.1) is 5.92 Å². The van der Waals surface area contributed by atoms with Crippen molar-refractivity contribution in [3.8, 4) is 5.75 Å². The van der Waals surface area contributed by atoms with Crippen LogP contribution in [-0.4, -0.2) is 59.8 Å². The number of ether oxygens (including phenoxy) is 1. The Labute approximate surface area is 161 Å². The number of benzene rings is 1. The molecule has 6 heteroatoms. The molecule has 3 aliphatic rings. The van der Waals surface area contributed by atoms with Gasteiger partial charge in [0.25, 0.3) is 0 Å². The number of carbonyl (C=O) groups is 1. The zero-order valence-corrected chi connectivity index (χ0v) is 16.0. The van der Waals surface area contributed by atoms with Crippen molar-refractivity contribution in [1.82, 2.24) is 15.1 Å². The quantitative estimate of drug-likeness (QED) is 0.850. The number of hydrogen-bond acceptors (Lipinski definition) is 4. The summed E-state index contributed by atoms with van der Waals surface area (Å²) in [4.78, 5) is 17.2. The van der Waals surface area contributed by atoms with Crippen molar-refractivity contribution in [2.24, 2.45) is 5.92 Å². The highest BCUT2D eigenvalue weighted by Crippen LogP contribution is 2.28. The standard InChI is InChI=1S/C21H31N3O3/c25-15-16-5-6-20-18(11-16)14-24(9-10-27-20)21(26)22-12-17-7-8-23(13-17)19-3-1-2-4-19/h5-6,11,17,19,25H,1-4,7-10,12-15H2,(H,22,26)/t17-/m1/s1. The van der Waals surface area contributed by atoms with Crippen LogP contribution in [0.1, 0.15) is 43.2 Å². The average molecular weight is 373 g/mol. The molecular weight excluding hydrogens is 342 g/mol. The van der Waals surface area contributed by atoms with Crippen molar-refractivity contribution in [2.75, 3.05) is 32.8 Å². The van der Waals surface area contributed by atoms with Gasteiger partial charge in [0.05, 0.1) is 19.7 Å². The minimum Gasteiger partial charge on any atom is -0.491 e. The summed E-state index contributed by atoms with van der Waals surface area (Å²) in [7, 11) is 0. The van der Waals surface area contributed by atoms with Crippen LogP contribution >= 0.6 is 0 Å². The zero-order valence-electron chi connectivity index (χ0n) is 16.0. The monoisotopic (exact) mass is 373 g/mol. The first-order chi connectivity index (χ1) is 13.2. The van der Waals surface area contributed by atoms with Crippen LogP contribution in [0.2, 0.25) is 0 Å². The van der Waals surface area contributed by atoms with E-state index in [1.165, 1.54) is 38.6 Å². The lowest BCUT2D eigenvalue weighted by atomic mass is 10.1. The molecule has 1 aromatic carbocycles. The number of nitrogens with one attached hydrogen (secondary N) is 1. The number of urea groups is 1. The normalized spacial score (nSPS) is 23.7. The maximum Gasteiger partial charge on any atom is 0.317 e. The van der Waals surface area contributed by atoms with Gasteiger partial charge in [0, 0.05) is 24.7 Å². The molecule has 2 N–H and O–H groups in total. The van der Waals surface area contributed by atoms with Crippen LogP contribution < -0.4 is 10.1 Å². The van der Waals surface area contributed by atoms with Crippen molar-refractivity contribution in [2.45, 2.75) is 51.3 Å². The number of fused-ring (bicyclic) bond motifs is 1. The largest absolute Gasteiger partial charge is 0.491 e. The molecule has 2 fully saturated rings. The van der Waals surface area contributed by atoms with Gasteiger partial charge in [-0.3, -0.25) is 0 Å². The van der Waals surface area contributed by atoms with Crippen LogP contribution in [0.15, 0.2) is 18.2 Å². The highest BCUT2D eigenvalue weighted by Gasteiger charge is 2.30. The molecule has 1 atom stereocenters. The Balaban J connectivity index is 1.29. The zero-order chi connectivity index (χ0) is 18.6. The van der Waals surface area contributed by atoms with Crippen LogP contribution in [-0.2, 0) is 13.2 Å². The first-order valence-corrected chi connectivity index (χ1v) is 10.3. The second-order valence-electron chi connectivity index (χ2n) is 8.14. The van der Waals surface area contributed by atoms with Crippen LogP contribution in [0.3, 0.4) is 0 Å². The number of aliphatic hydroxyl groups excluding tert-OH is 1. The molecule has 0 unspecified atom stereocenters. The third-order valence-corrected chi connectivity index (χ3v) is 6.27. The van der Waals surface area contributed by atoms with Gasteiger partial charge in [0.1, 0.15) is 12.4 Å². The van der Waals surface area contributed by atoms with E-state index in [1.54, 1.807) is 0 Å². The molecule has 2 aliphatic heterocycles. The average Bonchev–Trinajstić information content (AvgIpc) is 3.33. The molecule has 0 aromatic heterocycles. The second-order valence-corrected chi connectivity index (χ2v) is 8.14. The Morgan fingerprint density at radius 2 is 2.07 bits per heavy atom. The summed E-state index contributed by atoms with van der Waals surface area (Å²) in [6, 6.07) is 6.45. The molecule has 2 heterocycles. The van der Waals surface area contributed by atoms with Gasteiger partial charge < -0.3 is 25.0 Å².